The largest absolute Gasteiger partial charge is 0.472 e. The maximum atomic E-state index is 12.5. The van der Waals surface area contributed by atoms with Gasteiger partial charge in [0, 0.05) is 19.4 Å². The van der Waals surface area contributed by atoms with Gasteiger partial charge in [0.05, 0.1) is 13.2 Å². The van der Waals surface area contributed by atoms with Crippen LogP contribution in [-0.2, 0) is 32.7 Å². The molecular formula is C40H78NO8P. The van der Waals surface area contributed by atoms with Gasteiger partial charge in [-0.25, -0.2) is 4.57 Å². The van der Waals surface area contributed by atoms with Crippen LogP contribution in [0.3, 0.4) is 0 Å². The molecule has 0 aromatic rings. The number of hydrogen-bond acceptors (Lipinski definition) is 8. The molecule has 0 aromatic heterocycles. The van der Waals surface area contributed by atoms with Crippen LogP contribution < -0.4 is 5.73 Å². The van der Waals surface area contributed by atoms with Crippen LogP contribution in [0.2, 0.25) is 0 Å². The summed E-state index contributed by atoms with van der Waals surface area (Å²) in [4.78, 5) is 34.8. The van der Waals surface area contributed by atoms with E-state index in [-0.39, 0.29) is 38.6 Å². The van der Waals surface area contributed by atoms with Crippen molar-refractivity contribution < 1.29 is 37.6 Å². The second-order valence-corrected chi connectivity index (χ2v) is 15.3. The molecule has 0 heterocycles. The van der Waals surface area contributed by atoms with Gasteiger partial charge < -0.3 is 20.1 Å². The summed E-state index contributed by atoms with van der Waals surface area (Å²) in [5.41, 5.74) is 5.34. The molecule has 0 saturated carbocycles. The highest BCUT2D eigenvalue weighted by atomic mass is 31.2. The zero-order chi connectivity index (χ0) is 36.8. The van der Waals surface area contributed by atoms with Gasteiger partial charge in [-0.05, 0) is 38.5 Å². The Morgan fingerprint density at radius 2 is 0.980 bits per heavy atom. The average molecular weight is 732 g/mol. The first-order valence-corrected chi connectivity index (χ1v) is 22.2. The minimum atomic E-state index is -4.37. The minimum absolute atomic E-state index is 0.0555. The number of allylic oxidation sites excluding steroid dienone is 2. The van der Waals surface area contributed by atoms with E-state index in [0.717, 1.165) is 32.1 Å². The van der Waals surface area contributed by atoms with E-state index in [4.69, 9.17) is 24.3 Å². The second kappa shape index (κ2) is 37.5. The van der Waals surface area contributed by atoms with Crippen molar-refractivity contribution in [1.82, 2.24) is 0 Å². The Hall–Kier alpha value is -1.25. The van der Waals surface area contributed by atoms with Crippen molar-refractivity contribution in [2.75, 3.05) is 26.4 Å². The molecule has 0 aliphatic heterocycles. The molecule has 10 heteroatoms. The summed E-state index contributed by atoms with van der Waals surface area (Å²) in [7, 11) is -4.37. The van der Waals surface area contributed by atoms with Crippen molar-refractivity contribution in [2.24, 2.45) is 5.73 Å². The fraction of sp³-hybridized carbons (Fsp3) is 0.900. The van der Waals surface area contributed by atoms with Crippen molar-refractivity contribution in [3.63, 3.8) is 0 Å². The molecule has 2 atom stereocenters. The Kier molecular flexibility index (Phi) is 36.6. The number of rotatable bonds is 39. The van der Waals surface area contributed by atoms with E-state index in [1.54, 1.807) is 0 Å². The smallest absolute Gasteiger partial charge is 0.462 e. The highest BCUT2D eigenvalue weighted by molar-refractivity contribution is 7.47. The normalized spacial score (nSPS) is 13.4. The summed E-state index contributed by atoms with van der Waals surface area (Å²) >= 11 is 0. The van der Waals surface area contributed by atoms with Crippen LogP contribution in [0, 0.1) is 0 Å². The Morgan fingerprint density at radius 1 is 0.580 bits per heavy atom. The second-order valence-electron chi connectivity index (χ2n) is 13.9. The van der Waals surface area contributed by atoms with Gasteiger partial charge in [-0.3, -0.25) is 18.6 Å². The molecule has 50 heavy (non-hydrogen) atoms. The van der Waals surface area contributed by atoms with Gasteiger partial charge in [-0.1, -0.05) is 161 Å². The van der Waals surface area contributed by atoms with Gasteiger partial charge in [0.2, 0.25) is 0 Å². The standard InChI is InChI=1S/C40H78NO8P/c1-3-5-7-9-11-13-15-17-18-19-20-21-23-24-26-28-30-32-39(42)46-36-38(37-48-50(44,45)47-35-34-41)49-40(43)33-31-29-27-25-22-16-14-12-10-8-6-4-2/h17-18,38H,3-16,19-37,41H2,1-2H3,(H,44,45). The first kappa shape index (κ1) is 48.8. The van der Waals surface area contributed by atoms with Crippen LogP contribution in [0.4, 0.5) is 0 Å². The molecule has 0 aromatic carbocycles. The molecule has 0 radical (unpaired) electrons. The number of phosphoric ester groups is 1. The lowest BCUT2D eigenvalue weighted by molar-refractivity contribution is -0.161. The molecular weight excluding hydrogens is 653 g/mol. The number of unbranched alkanes of at least 4 members (excludes halogenated alkanes) is 24. The fourth-order valence-corrected chi connectivity index (χ4v) is 6.57. The van der Waals surface area contributed by atoms with Crippen molar-refractivity contribution in [2.45, 2.75) is 206 Å². The van der Waals surface area contributed by atoms with Crippen molar-refractivity contribution in [1.29, 1.82) is 0 Å². The van der Waals surface area contributed by atoms with Crippen molar-refractivity contribution in [3.05, 3.63) is 12.2 Å². The van der Waals surface area contributed by atoms with E-state index in [0.29, 0.717) is 6.42 Å². The quantitative estimate of drug-likeness (QED) is 0.0274. The lowest BCUT2D eigenvalue weighted by Crippen LogP contribution is -2.29. The molecule has 0 fully saturated rings. The van der Waals surface area contributed by atoms with Gasteiger partial charge >= 0.3 is 19.8 Å². The predicted octanol–water partition coefficient (Wildman–Crippen LogP) is 11.4. The number of ether oxygens (including phenoxy) is 2. The number of esters is 2. The molecule has 0 bridgehead atoms. The Balaban J connectivity index is 4.14. The summed E-state index contributed by atoms with van der Waals surface area (Å²) in [6, 6.07) is 0. The van der Waals surface area contributed by atoms with Gasteiger partial charge in [0.1, 0.15) is 6.61 Å². The molecule has 0 rings (SSSR count). The lowest BCUT2D eigenvalue weighted by Gasteiger charge is -2.19. The van der Waals surface area contributed by atoms with Gasteiger partial charge in [0.15, 0.2) is 6.10 Å². The van der Waals surface area contributed by atoms with E-state index in [9.17, 15) is 19.0 Å². The summed E-state index contributed by atoms with van der Waals surface area (Å²) < 4.78 is 32.7. The maximum Gasteiger partial charge on any atom is 0.472 e. The third kappa shape index (κ3) is 36.5. The molecule has 0 amide bonds. The van der Waals surface area contributed by atoms with Crippen LogP contribution in [-0.4, -0.2) is 49.3 Å². The van der Waals surface area contributed by atoms with Crippen LogP contribution in [0.15, 0.2) is 12.2 Å². The molecule has 0 aliphatic rings. The third-order valence-electron chi connectivity index (χ3n) is 8.90. The fourth-order valence-electron chi connectivity index (χ4n) is 5.81. The molecule has 0 aliphatic carbocycles. The van der Waals surface area contributed by atoms with Gasteiger partial charge in [-0.15, -0.1) is 0 Å². The lowest BCUT2D eigenvalue weighted by atomic mass is 10.0. The Bertz CT molecular complexity index is 840. The molecule has 296 valence electrons. The molecule has 3 N–H and O–H groups in total. The highest BCUT2D eigenvalue weighted by Crippen LogP contribution is 2.43. The van der Waals surface area contributed by atoms with Crippen molar-refractivity contribution in [3.8, 4) is 0 Å². The van der Waals surface area contributed by atoms with E-state index < -0.39 is 26.5 Å². The monoisotopic (exact) mass is 732 g/mol. The van der Waals surface area contributed by atoms with Crippen LogP contribution in [0.5, 0.6) is 0 Å². The summed E-state index contributed by atoms with van der Waals surface area (Å²) in [5, 5.41) is 0. The van der Waals surface area contributed by atoms with Gasteiger partial charge in [0.25, 0.3) is 0 Å². The van der Waals surface area contributed by atoms with Gasteiger partial charge in [-0.2, -0.15) is 0 Å². The third-order valence-corrected chi connectivity index (χ3v) is 9.89. The molecule has 0 spiro atoms. The number of hydrogen-bond donors (Lipinski definition) is 2. The number of nitrogens with two attached hydrogens (primary N) is 1. The zero-order valence-corrected chi connectivity index (χ0v) is 33.3. The van der Waals surface area contributed by atoms with Crippen molar-refractivity contribution >= 4 is 19.8 Å². The minimum Gasteiger partial charge on any atom is -0.462 e. The average Bonchev–Trinajstić information content (AvgIpc) is 3.10. The SMILES string of the molecule is CCCCCCCCC=CCCCCCCCCCC(=O)OCC(COP(=O)(O)OCCN)OC(=O)CCCCCCCCCCCCCC. The number of carbonyl (C=O) groups excluding carboxylic acids is 2. The van der Waals surface area contributed by atoms with E-state index in [1.807, 2.05) is 0 Å². The number of carbonyl (C=O) groups is 2. The molecule has 2 unspecified atom stereocenters. The Labute approximate surface area is 307 Å². The van der Waals surface area contributed by atoms with E-state index in [2.05, 4.69) is 26.0 Å². The zero-order valence-electron chi connectivity index (χ0n) is 32.4. The summed E-state index contributed by atoms with van der Waals surface area (Å²) in [6.07, 6.45) is 36.6. The van der Waals surface area contributed by atoms with Crippen LogP contribution >= 0.6 is 7.82 Å². The topological polar surface area (TPSA) is 134 Å². The van der Waals surface area contributed by atoms with E-state index in [1.165, 1.54) is 135 Å². The number of phosphoric acid groups is 1. The first-order valence-electron chi connectivity index (χ1n) is 20.7. The molecule has 0 saturated heterocycles. The first-order chi connectivity index (χ1) is 24.3. The maximum absolute atomic E-state index is 12.5. The predicted molar refractivity (Wildman–Crippen MR) is 206 cm³/mol. The van der Waals surface area contributed by atoms with Crippen LogP contribution in [0.1, 0.15) is 200 Å². The molecule has 9 nitrogen and oxygen atoms in total. The van der Waals surface area contributed by atoms with E-state index >= 15 is 0 Å². The highest BCUT2D eigenvalue weighted by Gasteiger charge is 2.26. The Morgan fingerprint density at radius 3 is 1.42 bits per heavy atom. The summed E-state index contributed by atoms with van der Waals surface area (Å²) in [6.45, 7) is 3.73. The summed E-state index contributed by atoms with van der Waals surface area (Å²) in [5.74, 6) is -0.826. The van der Waals surface area contributed by atoms with Crippen LogP contribution in [0.25, 0.3) is 0 Å².